The highest BCUT2D eigenvalue weighted by molar-refractivity contribution is 6.30. The number of ether oxygens (including phenoxy) is 1. The maximum atomic E-state index is 12.9. The smallest absolute Gasteiger partial charge is 0.141 e. The Morgan fingerprint density at radius 3 is 2.88 bits per heavy atom. The van der Waals surface area contributed by atoms with Gasteiger partial charge in [0.05, 0.1) is 11.1 Å². The summed E-state index contributed by atoms with van der Waals surface area (Å²) < 4.78 is 18.3. The van der Waals surface area contributed by atoms with Crippen molar-refractivity contribution in [3.05, 3.63) is 34.6 Å². The zero-order valence-electron chi connectivity index (χ0n) is 9.59. The standard InChI is InChI=1S/C12H17ClFNO/c1-3-16-9(2)7-15-8-10-4-5-12(14)11(13)6-10/h4-6,9,15H,3,7-8H2,1-2H3. The number of halogens is 2. The molecule has 1 unspecified atom stereocenters. The summed E-state index contributed by atoms with van der Waals surface area (Å²) in [4.78, 5) is 0. The number of benzene rings is 1. The monoisotopic (exact) mass is 245 g/mol. The van der Waals surface area contributed by atoms with Gasteiger partial charge in [0.2, 0.25) is 0 Å². The zero-order valence-corrected chi connectivity index (χ0v) is 10.4. The Labute approximate surface area is 101 Å². The van der Waals surface area contributed by atoms with E-state index in [4.69, 9.17) is 16.3 Å². The molecular formula is C12H17ClFNO. The van der Waals surface area contributed by atoms with Crippen LogP contribution >= 0.6 is 11.6 Å². The molecule has 0 fully saturated rings. The van der Waals surface area contributed by atoms with Gasteiger partial charge in [-0.25, -0.2) is 4.39 Å². The molecule has 1 aromatic rings. The Kier molecular flexibility index (Phi) is 5.74. The second-order valence-electron chi connectivity index (χ2n) is 3.65. The van der Waals surface area contributed by atoms with Crippen LogP contribution in [0.5, 0.6) is 0 Å². The van der Waals surface area contributed by atoms with Crippen LogP contribution in [-0.4, -0.2) is 19.3 Å². The van der Waals surface area contributed by atoms with Crippen molar-refractivity contribution in [1.29, 1.82) is 0 Å². The van der Waals surface area contributed by atoms with Gasteiger partial charge in [0.1, 0.15) is 5.82 Å². The molecule has 4 heteroatoms. The molecule has 0 heterocycles. The largest absolute Gasteiger partial charge is 0.377 e. The van der Waals surface area contributed by atoms with Crippen LogP contribution < -0.4 is 5.32 Å². The molecule has 0 aliphatic carbocycles. The van der Waals surface area contributed by atoms with E-state index < -0.39 is 0 Å². The minimum absolute atomic E-state index is 0.164. The molecule has 0 spiro atoms. The first-order chi connectivity index (χ1) is 7.63. The van der Waals surface area contributed by atoms with Crippen molar-refractivity contribution in [2.45, 2.75) is 26.5 Å². The van der Waals surface area contributed by atoms with Gasteiger partial charge in [-0.05, 0) is 31.5 Å². The Morgan fingerprint density at radius 1 is 1.50 bits per heavy atom. The van der Waals surface area contributed by atoms with Crippen LogP contribution in [0, 0.1) is 5.82 Å². The summed E-state index contributed by atoms with van der Waals surface area (Å²) in [6, 6.07) is 4.74. The molecular weight excluding hydrogens is 229 g/mol. The Hall–Kier alpha value is -0.640. The predicted octanol–water partition coefficient (Wildman–Crippen LogP) is 2.99. The molecule has 16 heavy (non-hydrogen) atoms. The summed E-state index contributed by atoms with van der Waals surface area (Å²) in [6.07, 6.45) is 0.181. The highest BCUT2D eigenvalue weighted by Crippen LogP contribution is 2.15. The number of rotatable bonds is 6. The number of hydrogen-bond acceptors (Lipinski definition) is 2. The molecule has 0 saturated carbocycles. The minimum atomic E-state index is -0.381. The van der Waals surface area contributed by atoms with Gasteiger partial charge in [-0.15, -0.1) is 0 Å². The fourth-order valence-electron chi connectivity index (χ4n) is 1.41. The molecule has 1 aromatic carbocycles. The lowest BCUT2D eigenvalue weighted by Crippen LogP contribution is -2.26. The van der Waals surface area contributed by atoms with E-state index in [-0.39, 0.29) is 16.9 Å². The zero-order chi connectivity index (χ0) is 12.0. The van der Waals surface area contributed by atoms with E-state index in [0.717, 1.165) is 12.1 Å². The molecule has 90 valence electrons. The second-order valence-corrected chi connectivity index (χ2v) is 4.05. The van der Waals surface area contributed by atoms with E-state index in [1.54, 1.807) is 12.1 Å². The topological polar surface area (TPSA) is 21.3 Å². The van der Waals surface area contributed by atoms with Crippen molar-refractivity contribution < 1.29 is 9.13 Å². The van der Waals surface area contributed by atoms with Crippen molar-refractivity contribution in [2.75, 3.05) is 13.2 Å². The Balaban J connectivity index is 2.34. The van der Waals surface area contributed by atoms with Gasteiger partial charge in [0.15, 0.2) is 0 Å². The molecule has 0 saturated heterocycles. The van der Waals surface area contributed by atoms with Crippen LogP contribution in [0.25, 0.3) is 0 Å². The van der Waals surface area contributed by atoms with Gasteiger partial charge in [0.25, 0.3) is 0 Å². The lowest BCUT2D eigenvalue weighted by molar-refractivity contribution is 0.0759. The summed E-state index contributed by atoms with van der Waals surface area (Å²) in [5, 5.41) is 3.39. The summed E-state index contributed by atoms with van der Waals surface area (Å²) in [7, 11) is 0. The quantitative estimate of drug-likeness (QED) is 0.832. The van der Waals surface area contributed by atoms with Crippen molar-refractivity contribution in [1.82, 2.24) is 5.32 Å². The molecule has 0 aliphatic heterocycles. The lowest BCUT2D eigenvalue weighted by atomic mass is 10.2. The van der Waals surface area contributed by atoms with Crippen LogP contribution in [0.15, 0.2) is 18.2 Å². The van der Waals surface area contributed by atoms with E-state index in [2.05, 4.69) is 5.32 Å². The molecule has 0 aliphatic rings. The van der Waals surface area contributed by atoms with E-state index in [1.165, 1.54) is 6.07 Å². The third kappa shape index (κ3) is 4.47. The van der Waals surface area contributed by atoms with Crippen molar-refractivity contribution in [3.63, 3.8) is 0 Å². The first-order valence-electron chi connectivity index (χ1n) is 5.39. The van der Waals surface area contributed by atoms with Gasteiger partial charge in [0, 0.05) is 19.7 Å². The third-order valence-corrected chi connectivity index (χ3v) is 2.49. The Morgan fingerprint density at radius 2 is 2.25 bits per heavy atom. The third-order valence-electron chi connectivity index (χ3n) is 2.20. The van der Waals surface area contributed by atoms with Crippen LogP contribution in [0.4, 0.5) is 4.39 Å². The van der Waals surface area contributed by atoms with Gasteiger partial charge in [-0.2, -0.15) is 0 Å². The molecule has 0 aromatic heterocycles. The average Bonchev–Trinajstić information content (AvgIpc) is 2.24. The van der Waals surface area contributed by atoms with E-state index in [9.17, 15) is 4.39 Å². The van der Waals surface area contributed by atoms with Gasteiger partial charge in [-0.3, -0.25) is 0 Å². The first-order valence-corrected chi connectivity index (χ1v) is 5.77. The van der Waals surface area contributed by atoms with Crippen molar-refractivity contribution >= 4 is 11.6 Å². The van der Waals surface area contributed by atoms with Crippen molar-refractivity contribution in [2.24, 2.45) is 0 Å². The van der Waals surface area contributed by atoms with Gasteiger partial charge >= 0.3 is 0 Å². The molecule has 2 nitrogen and oxygen atoms in total. The summed E-state index contributed by atoms with van der Waals surface area (Å²) >= 11 is 5.68. The van der Waals surface area contributed by atoms with Crippen molar-refractivity contribution in [3.8, 4) is 0 Å². The average molecular weight is 246 g/mol. The lowest BCUT2D eigenvalue weighted by Gasteiger charge is -2.12. The normalized spacial score (nSPS) is 12.8. The minimum Gasteiger partial charge on any atom is -0.377 e. The molecule has 1 N–H and O–H groups in total. The van der Waals surface area contributed by atoms with Crippen LogP contribution in [0.1, 0.15) is 19.4 Å². The van der Waals surface area contributed by atoms with E-state index >= 15 is 0 Å². The van der Waals surface area contributed by atoms with E-state index in [0.29, 0.717) is 13.2 Å². The second kappa shape index (κ2) is 6.84. The molecule has 1 atom stereocenters. The highest BCUT2D eigenvalue weighted by Gasteiger charge is 2.02. The Bertz CT molecular complexity index is 333. The predicted molar refractivity (Wildman–Crippen MR) is 64.2 cm³/mol. The molecule has 1 rings (SSSR count). The SMILES string of the molecule is CCOC(C)CNCc1ccc(F)c(Cl)c1. The highest BCUT2D eigenvalue weighted by atomic mass is 35.5. The van der Waals surface area contributed by atoms with E-state index in [1.807, 2.05) is 13.8 Å². The maximum absolute atomic E-state index is 12.9. The van der Waals surface area contributed by atoms with Crippen LogP contribution in [0.2, 0.25) is 5.02 Å². The molecule has 0 radical (unpaired) electrons. The van der Waals surface area contributed by atoms with Crippen LogP contribution in [-0.2, 0) is 11.3 Å². The first kappa shape index (κ1) is 13.4. The fourth-order valence-corrected chi connectivity index (χ4v) is 1.62. The van der Waals surface area contributed by atoms with Gasteiger partial charge < -0.3 is 10.1 Å². The fraction of sp³-hybridized carbons (Fsp3) is 0.500. The number of nitrogens with one attached hydrogen (secondary N) is 1. The number of hydrogen-bond donors (Lipinski definition) is 1. The summed E-state index contributed by atoms with van der Waals surface area (Å²) in [5.74, 6) is -0.381. The molecule has 0 bridgehead atoms. The van der Waals surface area contributed by atoms with Crippen LogP contribution in [0.3, 0.4) is 0 Å². The summed E-state index contributed by atoms with van der Waals surface area (Å²) in [6.45, 7) is 6.12. The van der Waals surface area contributed by atoms with Gasteiger partial charge in [-0.1, -0.05) is 17.7 Å². The molecule has 0 amide bonds. The maximum Gasteiger partial charge on any atom is 0.141 e. The summed E-state index contributed by atoms with van der Waals surface area (Å²) in [5.41, 5.74) is 0.968.